The van der Waals surface area contributed by atoms with Gasteiger partial charge in [-0.25, -0.2) is 0 Å². The Morgan fingerprint density at radius 1 is 1.47 bits per heavy atom. The molecule has 19 heavy (non-hydrogen) atoms. The highest BCUT2D eigenvalue weighted by atomic mass is 16.5. The lowest BCUT2D eigenvalue weighted by Gasteiger charge is -2.28. The maximum atomic E-state index is 12.3. The number of pyridine rings is 1. The number of amides is 1. The third kappa shape index (κ3) is 3.44. The molecule has 1 aromatic rings. The van der Waals surface area contributed by atoms with Crippen LogP contribution in [0.3, 0.4) is 0 Å². The van der Waals surface area contributed by atoms with Crippen molar-refractivity contribution in [3.05, 3.63) is 24.0 Å². The Morgan fingerprint density at radius 3 is 2.89 bits per heavy atom. The molecule has 0 aliphatic carbocycles. The van der Waals surface area contributed by atoms with Gasteiger partial charge < -0.3 is 15.4 Å². The van der Waals surface area contributed by atoms with E-state index < -0.39 is 0 Å². The third-order valence-corrected chi connectivity index (χ3v) is 3.67. The van der Waals surface area contributed by atoms with Crippen LogP contribution < -0.4 is 10.6 Å². The fourth-order valence-electron chi connectivity index (χ4n) is 2.41. The first kappa shape index (κ1) is 13.8. The summed E-state index contributed by atoms with van der Waals surface area (Å²) in [7, 11) is 1.80. The predicted octanol–water partition coefficient (Wildman–Crippen LogP) is 1.67. The van der Waals surface area contributed by atoms with E-state index in [1.54, 1.807) is 25.5 Å². The highest BCUT2D eigenvalue weighted by molar-refractivity contribution is 5.99. The van der Waals surface area contributed by atoms with Crippen molar-refractivity contribution in [2.24, 2.45) is 5.92 Å². The van der Waals surface area contributed by atoms with Crippen molar-refractivity contribution in [3.63, 3.8) is 0 Å². The van der Waals surface area contributed by atoms with Gasteiger partial charge in [0, 0.05) is 44.4 Å². The van der Waals surface area contributed by atoms with E-state index in [-0.39, 0.29) is 11.9 Å². The molecule has 2 heterocycles. The molecule has 1 saturated heterocycles. The number of hydrogen-bond donors (Lipinski definition) is 2. The van der Waals surface area contributed by atoms with Gasteiger partial charge in [-0.05, 0) is 31.7 Å². The lowest BCUT2D eigenvalue weighted by atomic mass is 9.93. The molecule has 104 valence electrons. The van der Waals surface area contributed by atoms with Crippen LogP contribution in [0.2, 0.25) is 0 Å². The average molecular weight is 263 g/mol. The van der Waals surface area contributed by atoms with Crippen LogP contribution in [-0.4, -0.2) is 37.2 Å². The number of carbonyl (C=O) groups is 1. The van der Waals surface area contributed by atoms with Crippen LogP contribution in [0.5, 0.6) is 0 Å². The summed E-state index contributed by atoms with van der Waals surface area (Å²) in [5, 5.41) is 6.07. The SMILES string of the molecule is CNc1ccncc1C(=O)NC(C)C1CCOCC1. The molecule has 1 fully saturated rings. The van der Waals surface area contributed by atoms with E-state index in [4.69, 9.17) is 4.74 Å². The number of ether oxygens (including phenoxy) is 1. The number of nitrogens with one attached hydrogen (secondary N) is 2. The third-order valence-electron chi connectivity index (χ3n) is 3.67. The normalized spacial score (nSPS) is 17.8. The zero-order valence-corrected chi connectivity index (χ0v) is 11.5. The minimum absolute atomic E-state index is 0.0727. The van der Waals surface area contributed by atoms with Gasteiger partial charge in [0.15, 0.2) is 0 Å². The zero-order chi connectivity index (χ0) is 13.7. The van der Waals surface area contributed by atoms with Crippen LogP contribution in [-0.2, 0) is 4.74 Å². The zero-order valence-electron chi connectivity index (χ0n) is 11.5. The molecule has 5 nitrogen and oxygen atoms in total. The number of aromatic nitrogens is 1. The predicted molar refractivity (Wildman–Crippen MR) is 74.3 cm³/mol. The summed E-state index contributed by atoms with van der Waals surface area (Å²) in [4.78, 5) is 16.3. The molecule has 2 N–H and O–H groups in total. The molecular formula is C14H21N3O2. The first-order chi connectivity index (χ1) is 9.22. The molecule has 0 bridgehead atoms. The van der Waals surface area contributed by atoms with E-state index in [0.29, 0.717) is 11.5 Å². The molecule has 1 unspecified atom stereocenters. The largest absolute Gasteiger partial charge is 0.387 e. The van der Waals surface area contributed by atoms with Crippen LogP contribution in [0.15, 0.2) is 18.5 Å². The van der Waals surface area contributed by atoms with Crippen molar-refractivity contribution in [1.29, 1.82) is 0 Å². The number of carbonyl (C=O) groups excluding carboxylic acids is 1. The quantitative estimate of drug-likeness (QED) is 0.867. The molecule has 5 heteroatoms. The van der Waals surface area contributed by atoms with E-state index in [9.17, 15) is 4.79 Å². The van der Waals surface area contributed by atoms with Gasteiger partial charge >= 0.3 is 0 Å². The second-order valence-corrected chi connectivity index (χ2v) is 4.88. The van der Waals surface area contributed by atoms with Crippen molar-refractivity contribution < 1.29 is 9.53 Å². The van der Waals surface area contributed by atoms with Crippen molar-refractivity contribution in [3.8, 4) is 0 Å². The van der Waals surface area contributed by atoms with Crippen molar-refractivity contribution >= 4 is 11.6 Å². The van der Waals surface area contributed by atoms with Crippen LogP contribution in [0.25, 0.3) is 0 Å². The fourth-order valence-corrected chi connectivity index (χ4v) is 2.41. The molecular weight excluding hydrogens is 242 g/mol. The first-order valence-corrected chi connectivity index (χ1v) is 6.72. The summed E-state index contributed by atoms with van der Waals surface area (Å²) in [6.45, 7) is 3.64. The summed E-state index contributed by atoms with van der Waals surface area (Å²) in [5.74, 6) is 0.420. The summed E-state index contributed by atoms with van der Waals surface area (Å²) in [6, 6.07) is 1.95. The van der Waals surface area contributed by atoms with Crippen LogP contribution in [0, 0.1) is 5.92 Å². The molecule has 1 amide bonds. The molecule has 0 saturated carbocycles. The number of nitrogens with zero attached hydrogens (tertiary/aromatic N) is 1. The minimum atomic E-state index is -0.0727. The lowest BCUT2D eigenvalue weighted by molar-refractivity contribution is 0.0538. The first-order valence-electron chi connectivity index (χ1n) is 6.72. The summed E-state index contributed by atoms with van der Waals surface area (Å²) in [5.41, 5.74) is 1.38. The monoisotopic (exact) mass is 263 g/mol. The van der Waals surface area contributed by atoms with Crippen molar-refractivity contribution in [1.82, 2.24) is 10.3 Å². The van der Waals surface area contributed by atoms with E-state index in [0.717, 1.165) is 31.7 Å². The maximum absolute atomic E-state index is 12.3. The van der Waals surface area contributed by atoms with E-state index in [2.05, 4.69) is 22.5 Å². The van der Waals surface area contributed by atoms with Gasteiger partial charge in [-0.3, -0.25) is 9.78 Å². The summed E-state index contributed by atoms with van der Waals surface area (Å²) in [6.07, 6.45) is 5.28. The number of anilines is 1. The minimum Gasteiger partial charge on any atom is -0.387 e. The summed E-state index contributed by atoms with van der Waals surface area (Å²) < 4.78 is 5.34. The number of hydrogen-bond acceptors (Lipinski definition) is 4. The molecule has 1 aromatic heterocycles. The Balaban J connectivity index is 1.99. The van der Waals surface area contributed by atoms with Crippen LogP contribution in [0.1, 0.15) is 30.1 Å². The smallest absolute Gasteiger partial charge is 0.255 e. The Kier molecular flexibility index (Phi) is 4.74. The van der Waals surface area contributed by atoms with Gasteiger partial charge in [0.2, 0.25) is 0 Å². The second kappa shape index (κ2) is 6.52. The highest BCUT2D eigenvalue weighted by Crippen LogP contribution is 2.19. The average Bonchev–Trinajstić information content (AvgIpc) is 2.48. The molecule has 2 rings (SSSR count). The fraction of sp³-hybridized carbons (Fsp3) is 0.571. The molecule has 0 spiro atoms. The van der Waals surface area contributed by atoms with Crippen LogP contribution in [0.4, 0.5) is 5.69 Å². The van der Waals surface area contributed by atoms with Gasteiger partial charge in [-0.1, -0.05) is 0 Å². The standard InChI is InChI=1S/C14H21N3O2/c1-10(11-4-7-19-8-5-11)17-14(18)12-9-16-6-3-13(12)15-2/h3,6,9-11H,4-5,7-8H2,1-2H3,(H,15,16)(H,17,18). The Morgan fingerprint density at radius 2 is 2.21 bits per heavy atom. The molecule has 0 radical (unpaired) electrons. The maximum Gasteiger partial charge on any atom is 0.255 e. The Bertz CT molecular complexity index is 430. The molecule has 1 atom stereocenters. The molecule has 1 aliphatic heterocycles. The number of rotatable bonds is 4. The molecule has 0 aromatic carbocycles. The van der Waals surface area contributed by atoms with Gasteiger partial charge in [-0.2, -0.15) is 0 Å². The van der Waals surface area contributed by atoms with Gasteiger partial charge in [-0.15, -0.1) is 0 Å². The van der Waals surface area contributed by atoms with Gasteiger partial charge in [0.05, 0.1) is 5.56 Å². The van der Waals surface area contributed by atoms with Crippen LogP contribution >= 0.6 is 0 Å². The second-order valence-electron chi connectivity index (χ2n) is 4.88. The topological polar surface area (TPSA) is 63.2 Å². The van der Waals surface area contributed by atoms with E-state index >= 15 is 0 Å². The lowest BCUT2D eigenvalue weighted by Crippen LogP contribution is -2.40. The highest BCUT2D eigenvalue weighted by Gasteiger charge is 2.23. The summed E-state index contributed by atoms with van der Waals surface area (Å²) >= 11 is 0. The van der Waals surface area contributed by atoms with Crippen molar-refractivity contribution in [2.75, 3.05) is 25.6 Å². The van der Waals surface area contributed by atoms with Crippen molar-refractivity contribution in [2.45, 2.75) is 25.8 Å². The Hall–Kier alpha value is -1.62. The van der Waals surface area contributed by atoms with Gasteiger partial charge in [0.25, 0.3) is 5.91 Å². The van der Waals surface area contributed by atoms with E-state index in [1.807, 2.05) is 0 Å². The Labute approximate surface area is 113 Å². The molecule has 1 aliphatic rings. The van der Waals surface area contributed by atoms with E-state index in [1.165, 1.54) is 0 Å². The van der Waals surface area contributed by atoms with Gasteiger partial charge in [0.1, 0.15) is 0 Å².